The normalized spacial score (nSPS) is 9.83. The zero-order chi connectivity index (χ0) is 9.61. The molecule has 1 aromatic rings. The van der Waals surface area contributed by atoms with Gasteiger partial charge < -0.3 is 5.73 Å². The second kappa shape index (κ2) is 4.62. The van der Waals surface area contributed by atoms with E-state index < -0.39 is 10.1 Å². The van der Waals surface area contributed by atoms with Crippen LogP contribution in [-0.4, -0.2) is 29.2 Å². The molecule has 3 N–H and O–H groups in total. The molecule has 0 spiro atoms. The van der Waals surface area contributed by atoms with Crippen LogP contribution in [-0.2, 0) is 10.1 Å². The molecule has 0 unspecified atom stereocenters. The quantitative estimate of drug-likeness (QED) is 0.538. The van der Waals surface area contributed by atoms with E-state index in [1.807, 2.05) is 0 Å². The summed E-state index contributed by atoms with van der Waals surface area (Å²) in [5, 5.41) is 0. The van der Waals surface area contributed by atoms with Crippen LogP contribution in [0, 0.1) is 0 Å². The number of nitrogens with zero attached hydrogens (tertiary/aromatic N) is 2. The summed E-state index contributed by atoms with van der Waals surface area (Å²) in [5.41, 5.74) is 5.21. The minimum atomic E-state index is -3.67. The third-order valence-corrected chi connectivity index (χ3v) is 0.605. The van der Waals surface area contributed by atoms with Crippen molar-refractivity contribution in [1.82, 2.24) is 9.97 Å². The molecule has 1 rings (SSSR count). The van der Waals surface area contributed by atoms with Crippen LogP contribution in [0.2, 0.25) is 0 Å². The topological polar surface area (TPSA) is 106 Å². The number of rotatable bonds is 0. The molecule has 0 aliphatic carbocycles. The minimum Gasteiger partial charge on any atom is -0.384 e. The lowest BCUT2D eigenvalue weighted by molar-refractivity contribution is 0.490. The maximum Gasteiger partial charge on any atom is 0.261 e. The smallest absolute Gasteiger partial charge is 0.261 e. The first-order valence-corrected chi connectivity index (χ1v) is 4.68. The first kappa shape index (κ1) is 10.8. The number of anilines is 1. The monoisotopic (exact) mass is 191 g/mol. The van der Waals surface area contributed by atoms with Crippen LogP contribution in [0.4, 0.5) is 5.82 Å². The molecule has 7 heteroatoms. The van der Waals surface area contributed by atoms with Gasteiger partial charge in [-0.25, -0.2) is 9.97 Å². The molecule has 1 heterocycles. The van der Waals surface area contributed by atoms with Gasteiger partial charge in [-0.2, -0.15) is 8.42 Å². The van der Waals surface area contributed by atoms with E-state index in [9.17, 15) is 8.42 Å². The van der Waals surface area contributed by atoms with Crippen molar-refractivity contribution >= 4 is 15.9 Å². The molecule has 0 radical (unpaired) electrons. The molecule has 0 atom stereocenters. The zero-order valence-electron chi connectivity index (χ0n) is 6.38. The summed E-state index contributed by atoms with van der Waals surface area (Å²) >= 11 is 0. The molecule has 0 fully saturated rings. The Hall–Kier alpha value is -1.21. The van der Waals surface area contributed by atoms with Crippen LogP contribution in [0.3, 0.4) is 0 Å². The van der Waals surface area contributed by atoms with Gasteiger partial charge in [0.2, 0.25) is 0 Å². The van der Waals surface area contributed by atoms with E-state index in [2.05, 4.69) is 9.97 Å². The van der Waals surface area contributed by atoms with Crippen LogP contribution in [0.25, 0.3) is 0 Å². The number of aromatic nitrogens is 2. The third-order valence-electron chi connectivity index (χ3n) is 0.605. The molecular weight excluding hydrogens is 182 g/mol. The Bertz CT molecular complexity index is 302. The highest BCUT2D eigenvalue weighted by Gasteiger charge is 1.81. The summed E-state index contributed by atoms with van der Waals surface area (Å²) in [5.74, 6) is 0.509. The standard InChI is InChI=1S/C4H5N3.CH4O3S/c5-4-1-2-6-3-7-4;1-5(2,3)4/h1-3H,(H2,5,6,7);1H3,(H,2,3,4). The van der Waals surface area contributed by atoms with Crippen molar-refractivity contribution in [3.05, 3.63) is 18.6 Å². The molecule has 12 heavy (non-hydrogen) atoms. The van der Waals surface area contributed by atoms with E-state index in [-0.39, 0.29) is 0 Å². The Labute approximate surface area is 70.2 Å². The van der Waals surface area contributed by atoms with Crippen LogP contribution in [0.1, 0.15) is 0 Å². The van der Waals surface area contributed by atoms with Gasteiger partial charge in [0.05, 0.1) is 6.26 Å². The number of hydrogen-bond donors (Lipinski definition) is 2. The molecule has 0 bridgehead atoms. The minimum absolute atomic E-state index is 0.509. The first-order valence-electron chi connectivity index (χ1n) is 2.83. The van der Waals surface area contributed by atoms with E-state index in [0.29, 0.717) is 12.1 Å². The molecule has 1 aromatic heterocycles. The van der Waals surface area contributed by atoms with Gasteiger partial charge in [-0.15, -0.1) is 0 Å². The molecular formula is C5H9N3O3S. The van der Waals surface area contributed by atoms with Crippen molar-refractivity contribution in [2.24, 2.45) is 0 Å². The highest BCUT2D eigenvalue weighted by molar-refractivity contribution is 7.85. The summed E-state index contributed by atoms with van der Waals surface area (Å²) in [6.45, 7) is 0. The molecule has 0 amide bonds. The Morgan fingerprint density at radius 2 is 2.08 bits per heavy atom. The second-order valence-corrected chi connectivity index (χ2v) is 3.33. The average Bonchev–Trinajstić information content (AvgIpc) is 1.85. The van der Waals surface area contributed by atoms with Gasteiger partial charge in [0.1, 0.15) is 12.1 Å². The highest BCUT2D eigenvalue weighted by Crippen LogP contribution is 1.85. The number of hydrogen-bond acceptors (Lipinski definition) is 5. The van der Waals surface area contributed by atoms with Crippen molar-refractivity contribution in [3.63, 3.8) is 0 Å². The molecule has 6 nitrogen and oxygen atoms in total. The van der Waals surface area contributed by atoms with Crippen LogP contribution >= 0.6 is 0 Å². The molecule has 0 aliphatic rings. The molecule has 68 valence electrons. The van der Waals surface area contributed by atoms with E-state index in [1.54, 1.807) is 12.3 Å². The van der Waals surface area contributed by atoms with Crippen LogP contribution in [0.15, 0.2) is 18.6 Å². The van der Waals surface area contributed by atoms with Gasteiger partial charge >= 0.3 is 0 Å². The Balaban J connectivity index is 0.000000217. The second-order valence-electron chi connectivity index (χ2n) is 1.87. The van der Waals surface area contributed by atoms with Crippen LogP contribution < -0.4 is 5.73 Å². The summed E-state index contributed by atoms with van der Waals surface area (Å²) in [7, 11) is -3.67. The summed E-state index contributed by atoms with van der Waals surface area (Å²) < 4.78 is 25.9. The van der Waals surface area contributed by atoms with Crippen molar-refractivity contribution < 1.29 is 13.0 Å². The number of nitrogen functional groups attached to an aromatic ring is 1. The van der Waals surface area contributed by atoms with E-state index in [1.165, 1.54) is 6.33 Å². The molecule has 0 aliphatic heterocycles. The fourth-order valence-corrected chi connectivity index (χ4v) is 0.301. The number of nitrogens with two attached hydrogens (primary N) is 1. The lowest BCUT2D eigenvalue weighted by Crippen LogP contribution is -1.88. The van der Waals surface area contributed by atoms with Gasteiger partial charge in [-0.1, -0.05) is 0 Å². The van der Waals surface area contributed by atoms with Crippen molar-refractivity contribution in [2.45, 2.75) is 0 Å². The predicted octanol–water partition coefficient (Wildman–Crippen LogP) is -0.437. The summed E-state index contributed by atoms with van der Waals surface area (Å²) in [4.78, 5) is 7.30. The largest absolute Gasteiger partial charge is 0.384 e. The fraction of sp³-hybridized carbons (Fsp3) is 0.200. The molecule has 0 aromatic carbocycles. The maximum atomic E-state index is 9.19. The zero-order valence-corrected chi connectivity index (χ0v) is 7.19. The SMILES string of the molecule is CS(=O)(=O)O.Nc1ccncn1. The van der Waals surface area contributed by atoms with Gasteiger partial charge in [-0.05, 0) is 6.07 Å². The Morgan fingerprint density at radius 3 is 2.25 bits per heavy atom. The average molecular weight is 191 g/mol. The Morgan fingerprint density at radius 1 is 1.58 bits per heavy atom. The van der Waals surface area contributed by atoms with Crippen LogP contribution in [0.5, 0.6) is 0 Å². The fourth-order valence-electron chi connectivity index (χ4n) is 0.301. The molecule has 0 saturated carbocycles. The van der Waals surface area contributed by atoms with Crippen molar-refractivity contribution in [3.8, 4) is 0 Å². The predicted molar refractivity (Wildman–Crippen MR) is 43.9 cm³/mol. The lowest BCUT2D eigenvalue weighted by Gasteiger charge is -1.82. The lowest BCUT2D eigenvalue weighted by atomic mass is 10.6. The van der Waals surface area contributed by atoms with E-state index in [0.717, 1.165) is 0 Å². The summed E-state index contributed by atoms with van der Waals surface area (Å²) in [6.07, 6.45) is 3.73. The highest BCUT2D eigenvalue weighted by atomic mass is 32.2. The molecule has 0 saturated heterocycles. The van der Waals surface area contributed by atoms with Gasteiger partial charge in [0, 0.05) is 6.20 Å². The Kier molecular flexibility index (Phi) is 4.16. The van der Waals surface area contributed by atoms with Gasteiger partial charge in [0.15, 0.2) is 0 Å². The van der Waals surface area contributed by atoms with Gasteiger partial charge in [0.25, 0.3) is 10.1 Å². The summed E-state index contributed by atoms with van der Waals surface area (Å²) in [6, 6.07) is 1.64. The van der Waals surface area contributed by atoms with E-state index in [4.69, 9.17) is 10.3 Å². The van der Waals surface area contributed by atoms with E-state index >= 15 is 0 Å². The van der Waals surface area contributed by atoms with Crippen molar-refractivity contribution in [2.75, 3.05) is 12.0 Å². The first-order chi connectivity index (χ1) is 5.39. The van der Waals surface area contributed by atoms with Gasteiger partial charge in [-0.3, -0.25) is 4.55 Å². The third kappa shape index (κ3) is 11.6. The maximum absolute atomic E-state index is 9.19. The van der Waals surface area contributed by atoms with Crippen molar-refractivity contribution in [1.29, 1.82) is 0 Å².